The van der Waals surface area contributed by atoms with Crippen molar-refractivity contribution in [3.8, 4) is 0 Å². The van der Waals surface area contributed by atoms with Crippen molar-refractivity contribution >= 4 is 34.5 Å². The minimum absolute atomic E-state index is 0.170. The van der Waals surface area contributed by atoms with Gasteiger partial charge in [-0.25, -0.2) is 4.79 Å². The lowest BCUT2D eigenvalue weighted by Crippen LogP contribution is -2.45. The van der Waals surface area contributed by atoms with Gasteiger partial charge in [0.15, 0.2) is 0 Å². The topological polar surface area (TPSA) is 96.8 Å². The predicted octanol–water partition coefficient (Wildman–Crippen LogP) is 3.96. The minimum atomic E-state index is -0.380. The predicted molar refractivity (Wildman–Crippen MR) is 141 cm³/mol. The molecule has 0 radical (unpaired) electrons. The first-order valence-corrected chi connectivity index (χ1v) is 13.8. The van der Waals surface area contributed by atoms with Gasteiger partial charge in [0.1, 0.15) is 0 Å². The number of amides is 3. The number of rotatable bonds is 5. The van der Waals surface area contributed by atoms with Gasteiger partial charge in [-0.2, -0.15) is 5.10 Å². The number of benzene rings is 1. The van der Waals surface area contributed by atoms with E-state index in [2.05, 4.69) is 40.4 Å². The van der Waals surface area contributed by atoms with Crippen LogP contribution in [0.5, 0.6) is 0 Å². The number of fused-ring (bicyclic) bond motifs is 1. The van der Waals surface area contributed by atoms with Crippen LogP contribution in [0.25, 0.3) is 10.9 Å². The second-order valence-electron chi connectivity index (χ2n) is 11.0. The lowest BCUT2D eigenvalue weighted by molar-refractivity contribution is -0.134. The van der Waals surface area contributed by atoms with Crippen molar-refractivity contribution in [3.05, 3.63) is 23.9 Å². The van der Waals surface area contributed by atoms with E-state index < -0.39 is 0 Å². The van der Waals surface area contributed by atoms with Crippen LogP contribution in [0.3, 0.4) is 0 Å². The average Bonchev–Trinajstić information content (AvgIpc) is 3.20. The molecule has 0 bridgehead atoms. The van der Waals surface area contributed by atoms with Gasteiger partial charge >= 0.3 is 6.09 Å². The second kappa shape index (κ2) is 10.7. The summed E-state index contributed by atoms with van der Waals surface area (Å²) in [4.78, 5) is 40.5. The fraction of sp³-hybridized carbons (Fsp3) is 0.643. The van der Waals surface area contributed by atoms with E-state index in [9.17, 15) is 14.4 Å². The molecule has 5 rings (SSSR count). The van der Waals surface area contributed by atoms with Gasteiger partial charge in [-0.05, 0) is 82.4 Å². The van der Waals surface area contributed by atoms with Crippen LogP contribution < -0.4 is 10.2 Å². The van der Waals surface area contributed by atoms with Gasteiger partial charge in [0.2, 0.25) is 11.8 Å². The van der Waals surface area contributed by atoms with Crippen molar-refractivity contribution in [1.82, 2.24) is 20.0 Å². The number of anilines is 1. The molecule has 1 aromatic carbocycles. The molecular formula is C28H39N5O4. The number of aryl methyl sites for hydroxylation is 1. The van der Waals surface area contributed by atoms with E-state index in [-0.39, 0.29) is 29.9 Å². The quantitative estimate of drug-likeness (QED) is 0.613. The highest BCUT2D eigenvalue weighted by molar-refractivity contribution is 6.02. The third-order valence-electron chi connectivity index (χ3n) is 8.57. The molecule has 3 aliphatic heterocycles. The van der Waals surface area contributed by atoms with Crippen LogP contribution >= 0.6 is 0 Å². The van der Waals surface area contributed by atoms with Crippen molar-refractivity contribution in [2.45, 2.75) is 70.8 Å². The maximum atomic E-state index is 12.4. The monoisotopic (exact) mass is 509 g/mol. The van der Waals surface area contributed by atoms with Crippen molar-refractivity contribution in [3.63, 3.8) is 0 Å². The molecule has 0 saturated carbocycles. The van der Waals surface area contributed by atoms with E-state index in [0.29, 0.717) is 25.4 Å². The van der Waals surface area contributed by atoms with Crippen LogP contribution in [0.4, 0.5) is 10.5 Å². The summed E-state index contributed by atoms with van der Waals surface area (Å²) < 4.78 is 7.07. The summed E-state index contributed by atoms with van der Waals surface area (Å²) >= 11 is 0. The molecule has 1 N–H and O–H groups in total. The zero-order valence-electron chi connectivity index (χ0n) is 22.2. The van der Waals surface area contributed by atoms with Crippen molar-refractivity contribution < 1.29 is 19.1 Å². The van der Waals surface area contributed by atoms with Gasteiger partial charge < -0.3 is 14.5 Å². The highest BCUT2D eigenvalue weighted by Gasteiger charge is 2.33. The van der Waals surface area contributed by atoms with E-state index in [4.69, 9.17) is 4.74 Å². The van der Waals surface area contributed by atoms with Crippen LogP contribution in [-0.4, -0.2) is 64.9 Å². The number of piperidine rings is 3. The fourth-order valence-corrected chi connectivity index (χ4v) is 6.54. The van der Waals surface area contributed by atoms with Crippen LogP contribution in [0.1, 0.15) is 70.4 Å². The molecule has 37 heavy (non-hydrogen) atoms. The maximum Gasteiger partial charge on any atom is 0.409 e. The molecule has 3 atom stereocenters. The fourth-order valence-electron chi connectivity index (χ4n) is 6.54. The first kappa shape index (κ1) is 25.5. The van der Waals surface area contributed by atoms with Crippen LogP contribution in [0.15, 0.2) is 18.2 Å². The highest BCUT2D eigenvalue weighted by atomic mass is 16.6. The Morgan fingerprint density at radius 2 is 1.86 bits per heavy atom. The number of hydrogen-bond donors (Lipinski definition) is 1. The summed E-state index contributed by atoms with van der Waals surface area (Å²) in [6.07, 6.45) is 6.41. The van der Waals surface area contributed by atoms with Gasteiger partial charge in [0, 0.05) is 50.2 Å². The van der Waals surface area contributed by atoms with Crippen molar-refractivity contribution in [2.75, 3.05) is 31.1 Å². The van der Waals surface area contributed by atoms with E-state index in [1.165, 1.54) is 24.9 Å². The lowest BCUT2D eigenvalue weighted by atomic mass is 9.81. The summed E-state index contributed by atoms with van der Waals surface area (Å²) in [5.41, 5.74) is 2.97. The van der Waals surface area contributed by atoms with E-state index in [1.54, 1.807) is 0 Å². The molecule has 3 fully saturated rings. The molecule has 0 aliphatic carbocycles. The van der Waals surface area contributed by atoms with Gasteiger partial charge in [-0.15, -0.1) is 0 Å². The Bertz CT molecular complexity index is 1170. The molecule has 3 saturated heterocycles. The number of likely N-dealkylation sites (tertiary alicyclic amines) is 1. The molecular weight excluding hydrogens is 470 g/mol. The van der Waals surface area contributed by atoms with Gasteiger partial charge in [-0.3, -0.25) is 19.6 Å². The Kier molecular flexibility index (Phi) is 7.40. The smallest absolute Gasteiger partial charge is 0.409 e. The Morgan fingerprint density at radius 3 is 2.57 bits per heavy atom. The normalized spacial score (nSPS) is 25.4. The Labute approximate surface area is 218 Å². The van der Waals surface area contributed by atoms with Crippen molar-refractivity contribution in [1.29, 1.82) is 0 Å². The zero-order chi connectivity index (χ0) is 26.1. The average molecular weight is 510 g/mol. The minimum Gasteiger partial charge on any atom is -0.450 e. The molecule has 200 valence electrons. The molecule has 0 spiro atoms. The van der Waals surface area contributed by atoms with Gasteiger partial charge in [-0.1, -0.05) is 0 Å². The number of ether oxygens (including phenoxy) is 1. The SMILES string of the molecule is CCOC(=O)N1CC[C@H](CC2CCN(c3ccc4c(C5CCC(=O)NC5=O)nn(C)c4c3)CC2)C[C@H]1C. The number of nitrogens with one attached hydrogen (secondary N) is 1. The third-order valence-corrected chi connectivity index (χ3v) is 8.57. The molecule has 2 aromatic rings. The molecule has 9 heteroatoms. The van der Waals surface area contributed by atoms with Crippen molar-refractivity contribution in [2.24, 2.45) is 18.9 Å². The largest absolute Gasteiger partial charge is 0.450 e. The summed E-state index contributed by atoms with van der Waals surface area (Å²) in [5, 5.41) is 8.12. The third kappa shape index (κ3) is 5.31. The molecule has 1 unspecified atom stereocenters. The van der Waals surface area contributed by atoms with E-state index >= 15 is 0 Å². The molecule has 9 nitrogen and oxygen atoms in total. The summed E-state index contributed by atoms with van der Waals surface area (Å²) in [6.45, 7) is 7.30. The standard InChI is InChI=1S/C28H39N5O4/c1-4-37-28(36)33-14-11-20(15-18(33)2)16-19-9-12-32(13-10-19)21-5-6-22-24(17-21)31(3)30-26(22)23-7-8-25(34)29-27(23)35/h5-6,17-20,23H,4,7-16H2,1-3H3,(H,29,34,35)/t18-,20+,23?/m1/s1. The number of carbonyl (C=O) groups excluding carboxylic acids is 3. The number of imide groups is 1. The van der Waals surface area contributed by atoms with Crippen LogP contribution in [0.2, 0.25) is 0 Å². The second-order valence-corrected chi connectivity index (χ2v) is 11.0. The molecule has 1 aromatic heterocycles. The maximum absolute atomic E-state index is 12.4. The Hall–Kier alpha value is -3.10. The number of nitrogens with zero attached hydrogens (tertiary/aromatic N) is 4. The number of hydrogen-bond acceptors (Lipinski definition) is 6. The zero-order valence-corrected chi connectivity index (χ0v) is 22.2. The van der Waals surface area contributed by atoms with E-state index in [1.807, 2.05) is 23.6 Å². The first-order valence-electron chi connectivity index (χ1n) is 13.8. The highest BCUT2D eigenvalue weighted by Crippen LogP contribution is 2.36. The summed E-state index contributed by atoms with van der Waals surface area (Å²) in [6, 6.07) is 6.66. The Morgan fingerprint density at radius 1 is 1.11 bits per heavy atom. The molecule has 3 amide bonds. The summed E-state index contributed by atoms with van der Waals surface area (Å²) in [7, 11) is 1.92. The van der Waals surface area contributed by atoms with E-state index in [0.717, 1.165) is 55.0 Å². The molecule has 3 aliphatic rings. The number of carbonyl (C=O) groups is 3. The van der Waals surface area contributed by atoms with Gasteiger partial charge in [0.25, 0.3) is 0 Å². The Balaban J connectivity index is 1.18. The summed E-state index contributed by atoms with van der Waals surface area (Å²) in [5.74, 6) is 0.568. The lowest BCUT2D eigenvalue weighted by Gasteiger charge is -2.40. The molecule has 4 heterocycles. The first-order chi connectivity index (χ1) is 17.8. The van der Waals surface area contributed by atoms with Crippen LogP contribution in [0, 0.1) is 11.8 Å². The van der Waals surface area contributed by atoms with Gasteiger partial charge in [0.05, 0.1) is 23.7 Å². The van der Waals surface area contributed by atoms with Crippen LogP contribution in [-0.2, 0) is 21.4 Å². The number of aromatic nitrogens is 2.